The summed E-state index contributed by atoms with van der Waals surface area (Å²) in [5, 5.41) is 5.55. The van der Waals surface area contributed by atoms with Gasteiger partial charge in [0, 0.05) is 49.0 Å². The molecule has 1 aliphatic heterocycles. The van der Waals surface area contributed by atoms with Crippen molar-refractivity contribution in [1.82, 2.24) is 23.9 Å². The van der Waals surface area contributed by atoms with Crippen LogP contribution in [0.3, 0.4) is 0 Å². The minimum atomic E-state index is -4.11. The van der Waals surface area contributed by atoms with Crippen LogP contribution in [0.4, 0.5) is 14.7 Å². The molecule has 34 heavy (non-hydrogen) atoms. The van der Waals surface area contributed by atoms with Gasteiger partial charge in [-0.25, -0.2) is 22.2 Å². The molecule has 1 fully saturated rings. The Kier molecular flexibility index (Phi) is 5.88. The molecule has 8 nitrogen and oxygen atoms in total. The smallest absolute Gasteiger partial charge is 0.254 e. The van der Waals surface area contributed by atoms with Crippen LogP contribution in [0.25, 0.3) is 17.0 Å². The van der Waals surface area contributed by atoms with E-state index in [9.17, 15) is 17.2 Å². The highest BCUT2D eigenvalue weighted by molar-refractivity contribution is 7.89. The SMILES string of the molecule is O=S(=O)(c1ccc(F)cc1F)N1CCN(c2nc3nccc(-c4cc(Cl)ccc4Cl)n3n2)CC1. The number of anilines is 1. The first kappa shape index (κ1) is 22.9. The Bertz CT molecular complexity index is 1510. The number of fused-ring (bicyclic) bond motifs is 1. The Morgan fingerprint density at radius 1 is 0.941 bits per heavy atom. The fraction of sp³-hybridized carbons (Fsp3) is 0.190. The molecule has 0 bridgehead atoms. The molecule has 2 aromatic carbocycles. The van der Waals surface area contributed by atoms with Crippen LogP contribution in [0.5, 0.6) is 0 Å². The summed E-state index contributed by atoms with van der Waals surface area (Å²) in [5.74, 6) is -1.26. The lowest BCUT2D eigenvalue weighted by Crippen LogP contribution is -2.49. The van der Waals surface area contributed by atoms with Gasteiger partial charge in [0.25, 0.3) is 5.78 Å². The Labute approximate surface area is 203 Å². The van der Waals surface area contributed by atoms with Crippen LogP contribution in [0, 0.1) is 11.6 Å². The zero-order valence-electron chi connectivity index (χ0n) is 17.4. The molecule has 0 unspecified atom stereocenters. The maximum Gasteiger partial charge on any atom is 0.254 e. The van der Waals surface area contributed by atoms with Crippen LogP contribution < -0.4 is 4.90 Å². The summed E-state index contributed by atoms with van der Waals surface area (Å²) in [4.78, 5) is 9.97. The summed E-state index contributed by atoms with van der Waals surface area (Å²) < 4.78 is 55.7. The molecule has 2 aromatic heterocycles. The van der Waals surface area contributed by atoms with E-state index in [1.807, 2.05) is 4.90 Å². The number of piperazine rings is 1. The Morgan fingerprint density at radius 2 is 1.71 bits per heavy atom. The largest absolute Gasteiger partial charge is 0.337 e. The molecule has 0 atom stereocenters. The van der Waals surface area contributed by atoms with Crippen LogP contribution in [0.1, 0.15) is 0 Å². The highest BCUT2D eigenvalue weighted by Crippen LogP contribution is 2.31. The molecule has 176 valence electrons. The van der Waals surface area contributed by atoms with Crippen molar-refractivity contribution in [3.63, 3.8) is 0 Å². The van der Waals surface area contributed by atoms with Crippen LogP contribution in [0.15, 0.2) is 53.6 Å². The van der Waals surface area contributed by atoms with Gasteiger partial charge in [0.1, 0.15) is 16.5 Å². The monoisotopic (exact) mass is 524 g/mol. The number of benzene rings is 2. The minimum absolute atomic E-state index is 0.0785. The van der Waals surface area contributed by atoms with Crippen LogP contribution in [0.2, 0.25) is 10.0 Å². The van der Waals surface area contributed by atoms with Gasteiger partial charge in [-0.1, -0.05) is 23.2 Å². The summed E-state index contributed by atoms with van der Waals surface area (Å²) in [6.07, 6.45) is 1.59. The van der Waals surface area contributed by atoms with Crippen molar-refractivity contribution in [2.45, 2.75) is 4.90 Å². The second-order valence-corrected chi connectivity index (χ2v) is 10.3. The van der Waals surface area contributed by atoms with Gasteiger partial charge >= 0.3 is 0 Å². The van der Waals surface area contributed by atoms with E-state index in [4.69, 9.17) is 23.2 Å². The maximum atomic E-state index is 14.1. The molecule has 0 radical (unpaired) electrons. The van der Waals surface area contributed by atoms with Crippen molar-refractivity contribution in [2.75, 3.05) is 31.1 Å². The third-order valence-corrected chi connectivity index (χ3v) is 7.96. The van der Waals surface area contributed by atoms with Crippen molar-refractivity contribution in [2.24, 2.45) is 0 Å². The van der Waals surface area contributed by atoms with Crippen LogP contribution in [-0.2, 0) is 10.0 Å². The molecule has 3 heterocycles. The topological polar surface area (TPSA) is 83.7 Å². The fourth-order valence-electron chi connectivity index (χ4n) is 3.77. The van der Waals surface area contributed by atoms with E-state index in [-0.39, 0.29) is 26.2 Å². The number of hydrogen-bond acceptors (Lipinski definition) is 6. The van der Waals surface area contributed by atoms with E-state index in [1.54, 1.807) is 35.0 Å². The Morgan fingerprint density at radius 3 is 2.44 bits per heavy atom. The highest BCUT2D eigenvalue weighted by atomic mass is 35.5. The zero-order chi connectivity index (χ0) is 24.0. The molecule has 0 N–H and O–H groups in total. The average molecular weight is 525 g/mol. The van der Waals surface area contributed by atoms with Crippen LogP contribution in [-0.4, -0.2) is 58.5 Å². The first-order valence-electron chi connectivity index (χ1n) is 10.1. The molecule has 0 amide bonds. The van der Waals surface area contributed by atoms with Crippen LogP contribution >= 0.6 is 23.2 Å². The average Bonchev–Trinajstić information content (AvgIpc) is 3.25. The Hall–Kier alpha value is -2.86. The van der Waals surface area contributed by atoms with E-state index in [1.165, 1.54) is 0 Å². The second kappa shape index (κ2) is 8.73. The highest BCUT2D eigenvalue weighted by Gasteiger charge is 2.32. The van der Waals surface area contributed by atoms with Crippen molar-refractivity contribution in [1.29, 1.82) is 0 Å². The summed E-state index contributed by atoms with van der Waals surface area (Å²) in [7, 11) is -4.11. The first-order valence-corrected chi connectivity index (χ1v) is 12.3. The Balaban J connectivity index is 1.40. The normalized spacial score (nSPS) is 15.2. The van der Waals surface area contributed by atoms with Gasteiger partial charge in [0.2, 0.25) is 16.0 Å². The third kappa shape index (κ3) is 4.09. The van der Waals surface area contributed by atoms with Gasteiger partial charge in [-0.3, -0.25) is 0 Å². The van der Waals surface area contributed by atoms with Gasteiger partial charge < -0.3 is 4.90 Å². The molecule has 1 saturated heterocycles. The molecule has 0 spiro atoms. The van der Waals surface area contributed by atoms with Gasteiger partial charge in [0.15, 0.2) is 0 Å². The number of aromatic nitrogens is 4. The fourth-order valence-corrected chi connectivity index (χ4v) is 5.62. The molecule has 1 aliphatic rings. The predicted octanol–water partition coefficient (Wildman–Crippen LogP) is 3.89. The van der Waals surface area contributed by atoms with Crippen molar-refractivity contribution in [3.05, 3.63) is 70.3 Å². The van der Waals surface area contributed by atoms with Gasteiger partial charge in [0.05, 0.1) is 10.7 Å². The van der Waals surface area contributed by atoms with E-state index in [2.05, 4.69) is 15.1 Å². The molecule has 0 aliphatic carbocycles. The summed E-state index contributed by atoms with van der Waals surface area (Å²) in [5.41, 5.74) is 1.31. The predicted molar refractivity (Wildman–Crippen MR) is 124 cm³/mol. The van der Waals surface area contributed by atoms with Crippen molar-refractivity contribution >= 4 is 45.0 Å². The number of nitrogens with zero attached hydrogens (tertiary/aromatic N) is 6. The molecule has 4 aromatic rings. The minimum Gasteiger partial charge on any atom is -0.337 e. The van der Waals surface area contributed by atoms with Crippen molar-refractivity contribution in [3.8, 4) is 11.3 Å². The third-order valence-electron chi connectivity index (χ3n) is 5.47. The number of rotatable bonds is 4. The molecular formula is C21H16Cl2F2N6O2S. The summed E-state index contributed by atoms with van der Waals surface area (Å²) in [6.45, 7) is 0.697. The lowest BCUT2D eigenvalue weighted by Gasteiger charge is -2.33. The quantitative estimate of drug-likeness (QED) is 0.402. The summed E-state index contributed by atoms with van der Waals surface area (Å²) in [6, 6.07) is 9.24. The van der Waals surface area contributed by atoms with E-state index >= 15 is 0 Å². The summed E-state index contributed by atoms with van der Waals surface area (Å²) >= 11 is 12.5. The van der Waals surface area contributed by atoms with Gasteiger partial charge in [-0.05, 0) is 36.4 Å². The maximum absolute atomic E-state index is 14.1. The van der Waals surface area contributed by atoms with Gasteiger partial charge in [-0.2, -0.15) is 13.8 Å². The van der Waals surface area contributed by atoms with Crippen molar-refractivity contribution < 1.29 is 17.2 Å². The molecule has 5 rings (SSSR count). The number of sulfonamides is 1. The van der Waals surface area contributed by atoms with E-state index in [0.29, 0.717) is 39.1 Å². The van der Waals surface area contributed by atoms with Gasteiger partial charge in [-0.15, -0.1) is 5.10 Å². The number of halogens is 4. The lowest BCUT2D eigenvalue weighted by atomic mass is 10.1. The lowest BCUT2D eigenvalue weighted by molar-refractivity contribution is 0.380. The molecular weight excluding hydrogens is 509 g/mol. The first-order chi connectivity index (χ1) is 16.2. The number of hydrogen-bond donors (Lipinski definition) is 0. The van der Waals surface area contributed by atoms with E-state index < -0.39 is 26.6 Å². The van der Waals surface area contributed by atoms with E-state index in [0.717, 1.165) is 16.4 Å². The standard InChI is InChI=1S/C21H16Cl2F2N6O2S/c22-13-1-3-16(23)15(11-13)18-5-6-26-20-27-21(28-31(18)20)29-7-9-30(10-8-29)34(32,33)19-4-2-14(24)12-17(19)25/h1-6,11-12H,7-10H2. The second-order valence-electron chi connectivity index (χ2n) is 7.54. The molecule has 0 saturated carbocycles. The zero-order valence-corrected chi connectivity index (χ0v) is 19.7. The molecule has 13 heteroatoms.